The zero-order valence-corrected chi connectivity index (χ0v) is 14.4. The van der Waals surface area contributed by atoms with Crippen LogP contribution in [0, 0.1) is 20.8 Å². The summed E-state index contributed by atoms with van der Waals surface area (Å²) in [7, 11) is -3.39. The van der Waals surface area contributed by atoms with Crippen molar-refractivity contribution >= 4 is 27.3 Å². The summed E-state index contributed by atoms with van der Waals surface area (Å²) in [4.78, 5) is 12.5. The lowest BCUT2D eigenvalue weighted by atomic mass is 10.1. The number of anilines is 2. The van der Waals surface area contributed by atoms with Crippen LogP contribution >= 0.6 is 0 Å². The summed E-state index contributed by atoms with van der Waals surface area (Å²) < 4.78 is 25.2. The SMILES string of the molecule is Cc1ccc(NC(=O)c2cccc(NS(C)(=O)=O)c2C)c(C)c1. The van der Waals surface area contributed by atoms with Gasteiger partial charge in [-0.1, -0.05) is 23.8 Å². The average Bonchev–Trinajstić information content (AvgIpc) is 2.42. The Labute approximate surface area is 136 Å². The molecule has 0 bridgehead atoms. The summed E-state index contributed by atoms with van der Waals surface area (Å²) in [6.45, 7) is 5.63. The number of amides is 1. The Morgan fingerprint density at radius 1 is 1.00 bits per heavy atom. The zero-order valence-electron chi connectivity index (χ0n) is 13.6. The number of hydrogen-bond acceptors (Lipinski definition) is 3. The van der Waals surface area contributed by atoms with Crippen LogP contribution in [0.25, 0.3) is 0 Å². The molecule has 2 aromatic carbocycles. The molecule has 0 aliphatic carbocycles. The molecule has 0 saturated heterocycles. The quantitative estimate of drug-likeness (QED) is 0.902. The second-order valence-electron chi connectivity index (χ2n) is 5.62. The normalized spacial score (nSPS) is 11.1. The van der Waals surface area contributed by atoms with Crippen LogP contribution in [0.5, 0.6) is 0 Å². The highest BCUT2D eigenvalue weighted by Gasteiger charge is 2.14. The van der Waals surface area contributed by atoms with Gasteiger partial charge in [0.2, 0.25) is 10.0 Å². The van der Waals surface area contributed by atoms with E-state index in [-0.39, 0.29) is 5.91 Å². The Kier molecular flexibility index (Phi) is 4.75. The van der Waals surface area contributed by atoms with Gasteiger partial charge in [0, 0.05) is 11.3 Å². The Morgan fingerprint density at radius 2 is 1.70 bits per heavy atom. The van der Waals surface area contributed by atoms with Gasteiger partial charge in [0.15, 0.2) is 0 Å². The van der Waals surface area contributed by atoms with Gasteiger partial charge in [0.1, 0.15) is 0 Å². The van der Waals surface area contributed by atoms with E-state index in [9.17, 15) is 13.2 Å². The molecule has 2 aromatic rings. The van der Waals surface area contributed by atoms with Crippen molar-refractivity contribution in [3.05, 3.63) is 58.7 Å². The maximum atomic E-state index is 12.5. The van der Waals surface area contributed by atoms with Crippen molar-refractivity contribution in [1.82, 2.24) is 0 Å². The second-order valence-corrected chi connectivity index (χ2v) is 7.37. The van der Waals surface area contributed by atoms with Crippen LogP contribution in [0.4, 0.5) is 11.4 Å². The molecular weight excluding hydrogens is 312 g/mol. The van der Waals surface area contributed by atoms with Gasteiger partial charge < -0.3 is 5.32 Å². The smallest absolute Gasteiger partial charge is 0.256 e. The molecule has 0 aliphatic heterocycles. The van der Waals surface area contributed by atoms with Gasteiger partial charge >= 0.3 is 0 Å². The molecule has 1 amide bonds. The van der Waals surface area contributed by atoms with Crippen LogP contribution in [-0.2, 0) is 10.0 Å². The number of rotatable bonds is 4. The van der Waals surface area contributed by atoms with Gasteiger partial charge in [-0.15, -0.1) is 0 Å². The highest BCUT2D eigenvalue weighted by atomic mass is 32.2. The molecule has 5 nitrogen and oxygen atoms in total. The fourth-order valence-electron chi connectivity index (χ4n) is 2.34. The molecule has 0 saturated carbocycles. The van der Waals surface area contributed by atoms with Gasteiger partial charge in [-0.25, -0.2) is 8.42 Å². The minimum atomic E-state index is -3.39. The summed E-state index contributed by atoms with van der Waals surface area (Å²) >= 11 is 0. The van der Waals surface area contributed by atoms with E-state index in [2.05, 4.69) is 10.0 Å². The number of carbonyl (C=O) groups excluding carboxylic acids is 1. The summed E-state index contributed by atoms with van der Waals surface area (Å²) in [5.41, 5.74) is 4.25. The Balaban J connectivity index is 2.31. The number of aryl methyl sites for hydroxylation is 2. The third-order valence-corrected chi connectivity index (χ3v) is 4.09. The first-order valence-corrected chi connectivity index (χ1v) is 9.02. The van der Waals surface area contributed by atoms with Gasteiger partial charge in [0.25, 0.3) is 5.91 Å². The largest absolute Gasteiger partial charge is 0.322 e. The standard InChI is InChI=1S/C17H20N2O3S/c1-11-8-9-15(12(2)10-11)18-17(20)14-6-5-7-16(13(14)3)19-23(4,21)22/h5-10,19H,1-4H3,(H,18,20). The van der Waals surface area contributed by atoms with Gasteiger partial charge in [-0.2, -0.15) is 0 Å². The van der Waals surface area contributed by atoms with Crippen molar-refractivity contribution in [2.24, 2.45) is 0 Å². The third-order valence-electron chi connectivity index (χ3n) is 3.50. The predicted octanol–water partition coefficient (Wildman–Crippen LogP) is 3.24. The lowest BCUT2D eigenvalue weighted by Crippen LogP contribution is -2.16. The summed E-state index contributed by atoms with van der Waals surface area (Å²) in [5.74, 6) is -0.272. The number of hydrogen-bond donors (Lipinski definition) is 2. The van der Waals surface area contributed by atoms with E-state index in [4.69, 9.17) is 0 Å². The fourth-order valence-corrected chi connectivity index (χ4v) is 2.96. The Hall–Kier alpha value is -2.34. The zero-order chi connectivity index (χ0) is 17.2. The molecule has 0 atom stereocenters. The van der Waals surface area contributed by atoms with E-state index in [1.807, 2.05) is 32.0 Å². The molecule has 0 radical (unpaired) electrons. The maximum absolute atomic E-state index is 12.5. The average molecular weight is 332 g/mol. The summed E-state index contributed by atoms with van der Waals surface area (Å²) in [6, 6.07) is 10.7. The first-order chi connectivity index (χ1) is 10.7. The molecule has 122 valence electrons. The fraction of sp³-hybridized carbons (Fsp3) is 0.235. The number of benzene rings is 2. The molecule has 0 aromatic heterocycles. The van der Waals surface area contributed by atoms with E-state index >= 15 is 0 Å². The van der Waals surface area contributed by atoms with Crippen molar-refractivity contribution in [3.63, 3.8) is 0 Å². The number of sulfonamides is 1. The van der Waals surface area contributed by atoms with Crippen molar-refractivity contribution < 1.29 is 13.2 Å². The van der Waals surface area contributed by atoms with Crippen LogP contribution in [0.1, 0.15) is 27.0 Å². The highest BCUT2D eigenvalue weighted by molar-refractivity contribution is 7.92. The molecular formula is C17H20N2O3S. The number of carbonyl (C=O) groups is 1. The molecule has 0 unspecified atom stereocenters. The molecule has 2 rings (SSSR count). The van der Waals surface area contributed by atoms with Crippen molar-refractivity contribution in [2.75, 3.05) is 16.3 Å². The monoisotopic (exact) mass is 332 g/mol. The summed E-state index contributed by atoms with van der Waals surface area (Å²) in [6.07, 6.45) is 1.08. The van der Waals surface area contributed by atoms with Crippen LogP contribution in [0.15, 0.2) is 36.4 Å². The van der Waals surface area contributed by atoms with Crippen LogP contribution in [0.3, 0.4) is 0 Å². The molecule has 0 heterocycles. The Bertz CT molecular complexity index is 858. The van der Waals surface area contributed by atoms with Gasteiger partial charge in [-0.3, -0.25) is 9.52 Å². The lowest BCUT2D eigenvalue weighted by molar-refractivity contribution is 0.102. The highest BCUT2D eigenvalue weighted by Crippen LogP contribution is 2.22. The van der Waals surface area contributed by atoms with Crippen LogP contribution < -0.4 is 10.0 Å². The van der Waals surface area contributed by atoms with Gasteiger partial charge in [-0.05, 0) is 50.1 Å². The molecule has 0 spiro atoms. The maximum Gasteiger partial charge on any atom is 0.256 e. The van der Waals surface area contributed by atoms with Crippen molar-refractivity contribution in [1.29, 1.82) is 0 Å². The van der Waals surface area contributed by atoms with Crippen LogP contribution in [0.2, 0.25) is 0 Å². The summed E-state index contributed by atoms with van der Waals surface area (Å²) in [5, 5.41) is 2.87. The predicted molar refractivity (Wildman–Crippen MR) is 93.5 cm³/mol. The lowest BCUT2D eigenvalue weighted by Gasteiger charge is -2.13. The minimum absolute atomic E-state index is 0.272. The minimum Gasteiger partial charge on any atom is -0.322 e. The van der Waals surface area contributed by atoms with Crippen molar-refractivity contribution in [3.8, 4) is 0 Å². The second kappa shape index (κ2) is 6.42. The Morgan fingerprint density at radius 3 is 2.30 bits per heavy atom. The third kappa shape index (κ3) is 4.32. The van der Waals surface area contributed by atoms with Crippen LogP contribution in [-0.4, -0.2) is 20.6 Å². The molecule has 2 N–H and O–H groups in total. The molecule has 0 fully saturated rings. The van der Waals surface area contributed by atoms with E-state index in [1.54, 1.807) is 25.1 Å². The van der Waals surface area contributed by atoms with E-state index in [0.717, 1.165) is 23.1 Å². The molecule has 23 heavy (non-hydrogen) atoms. The van der Waals surface area contributed by atoms with Crippen molar-refractivity contribution in [2.45, 2.75) is 20.8 Å². The topological polar surface area (TPSA) is 75.3 Å². The molecule has 6 heteroatoms. The van der Waals surface area contributed by atoms with E-state index in [0.29, 0.717) is 16.8 Å². The van der Waals surface area contributed by atoms with Gasteiger partial charge in [0.05, 0.1) is 11.9 Å². The van der Waals surface area contributed by atoms with E-state index in [1.165, 1.54) is 0 Å². The molecule has 0 aliphatic rings. The first kappa shape index (κ1) is 17.0. The van der Waals surface area contributed by atoms with E-state index < -0.39 is 10.0 Å². The number of nitrogens with one attached hydrogen (secondary N) is 2. The first-order valence-electron chi connectivity index (χ1n) is 7.13.